The van der Waals surface area contributed by atoms with Crippen molar-refractivity contribution in [2.45, 2.75) is 46.0 Å². The summed E-state index contributed by atoms with van der Waals surface area (Å²) in [7, 11) is 0. The van der Waals surface area contributed by atoms with Gasteiger partial charge in [-0.05, 0) is 46.9 Å². The molecule has 1 aromatic carbocycles. The summed E-state index contributed by atoms with van der Waals surface area (Å²) in [6.07, 6.45) is 2.47. The summed E-state index contributed by atoms with van der Waals surface area (Å²) in [6.45, 7) is 9.47. The summed E-state index contributed by atoms with van der Waals surface area (Å²) in [5.74, 6) is 0. The second-order valence-electron chi connectivity index (χ2n) is 6.20. The summed E-state index contributed by atoms with van der Waals surface area (Å²) in [6, 6.07) is 6.74. The number of fused-ring (bicyclic) bond motifs is 1. The Morgan fingerprint density at radius 3 is 2.47 bits per heavy atom. The van der Waals surface area contributed by atoms with Gasteiger partial charge in [-0.1, -0.05) is 49.7 Å². The van der Waals surface area contributed by atoms with Crippen molar-refractivity contribution >= 4 is 15.9 Å². The fourth-order valence-electron chi connectivity index (χ4n) is 3.20. The van der Waals surface area contributed by atoms with Crippen LogP contribution in [0, 0.1) is 5.41 Å². The molecule has 15 heavy (non-hydrogen) atoms. The Morgan fingerprint density at radius 1 is 1.13 bits per heavy atom. The largest absolute Gasteiger partial charge is 0.0596 e. The number of hydrogen-bond acceptors (Lipinski definition) is 0. The van der Waals surface area contributed by atoms with Crippen LogP contribution in [0.15, 0.2) is 22.7 Å². The maximum absolute atomic E-state index is 3.57. The quantitative estimate of drug-likeness (QED) is 0.639. The van der Waals surface area contributed by atoms with E-state index in [0.717, 1.165) is 0 Å². The molecular weight excluding hydrogens is 248 g/mol. The SMILES string of the molecule is CC1(C)Cc2ccc(Br)cc2C(C)(C)C1. The van der Waals surface area contributed by atoms with E-state index in [9.17, 15) is 0 Å². The van der Waals surface area contributed by atoms with Gasteiger partial charge in [-0.15, -0.1) is 0 Å². The Labute approximate surface area is 101 Å². The molecule has 0 nitrogen and oxygen atoms in total. The highest BCUT2D eigenvalue weighted by molar-refractivity contribution is 9.10. The van der Waals surface area contributed by atoms with Crippen molar-refractivity contribution in [1.82, 2.24) is 0 Å². The minimum atomic E-state index is 0.306. The fraction of sp³-hybridized carbons (Fsp3) is 0.571. The van der Waals surface area contributed by atoms with Gasteiger partial charge >= 0.3 is 0 Å². The maximum Gasteiger partial charge on any atom is 0.0178 e. The van der Waals surface area contributed by atoms with E-state index in [1.165, 1.54) is 28.4 Å². The Balaban J connectivity index is 2.55. The minimum Gasteiger partial charge on any atom is -0.0596 e. The summed E-state index contributed by atoms with van der Waals surface area (Å²) < 4.78 is 1.20. The van der Waals surface area contributed by atoms with Gasteiger partial charge in [-0.2, -0.15) is 0 Å². The molecule has 0 N–H and O–H groups in total. The first kappa shape index (κ1) is 11.2. The molecule has 0 unspecified atom stereocenters. The molecule has 0 atom stereocenters. The van der Waals surface area contributed by atoms with Crippen LogP contribution in [0.2, 0.25) is 0 Å². The third-order valence-electron chi connectivity index (χ3n) is 3.39. The first-order valence-electron chi connectivity index (χ1n) is 5.59. The van der Waals surface area contributed by atoms with Gasteiger partial charge in [0.05, 0.1) is 0 Å². The zero-order valence-corrected chi connectivity index (χ0v) is 11.6. The first-order valence-corrected chi connectivity index (χ1v) is 6.38. The molecule has 2 rings (SSSR count). The second kappa shape index (κ2) is 3.35. The van der Waals surface area contributed by atoms with Gasteiger partial charge in [0.1, 0.15) is 0 Å². The van der Waals surface area contributed by atoms with Crippen LogP contribution in [0.4, 0.5) is 0 Å². The van der Waals surface area contributed by atoms with Crippen molar-refractivity contribution in [3.63, 3.8) is 0 Å². The number of hydrogen-bond donors (Lipinski definition) is 0. The number of benzene rings is 1. The van der Waals surface area contributed by atoms with Crippen LogP contribution in [0.25, 0.3) is 0 Å². The molecule has 0 radical (unpaired) electrons. The minimum absolute atomic E-state index is 0.306. The predicted molar refractivity (Wildman–Crippen MR) is 69.3 cm³/mol. The Bertz CT molecular complexity index is 388. The molecule has 1 aliphatic rings. The third-order valence-corrected chi connectivity index (χ3v) is 3.88. The van der Waals surface area contributed by atoms with Gasteiger partial charge in [0.25, 0.3) is 0 Å². The average Bonchev–Trinajstić information content (AvgIpc) is 2.03. The maximum atomic E-state index is 3.57. The van der Waals surface area contributed by atoms with Crippen molar-refractivity contribution in [1.29, 1.82) is 0 Å². The van der Waals surface area contributed by atoms with Gasteiger partial charge in [-0.3, -0.25) is 0 Å². The molecule has 0 spiro atoms. The van der Waals surface area contributed by atoms with Gasteiger partial charge in [0, 0.05) is 4.47 Å². The van der Waals surface area contributed by atoms with Crippen LogP contribution in [0.1, 0.15) is 45.2 Å². The van der Waals surface area contributed by atoms with Crippen molar-refractivity contribution in [2.75, 3.05) is 0 Å². The lowest BCUT2D eigenvalue weighted by atomic mass is 9.63. The van der Waals surface area contributed by atoms with E-state index in [0.29, 0.717) is 10.8 Å². The zero-order valence-electron chi connectivity index (χ0n) is 10.0. The van der Waals surface area contributed by atoms with E-state index in [2.05, 4.69) is 61.8 Å². The highest BCUT2D eigenvalue weighted by Crippen LogP contribution is 2.46. The van der Waals surface area contributed by atoms with Gasteiger partial charge in [0.15, 0.2) is 0 Å². The van der Waals surface area contributed by atoms with E-state index < -0.39 is 0 Å². The lowest BCUT2D eigenvalue weighted by Crippen LogP contribution is -2.34. The second-order valence-corrected chi connectivity index (χ2v) is 7.12. The molecule has 0 saturated heterocycles. The van der Waals surface area contributed by atoms with Gasteiger partial charge < -0.3 is 0 Å². The van der Waals surface area contributed by atoms with Gasteiger partial charge in [0.2, 0.25) is 0 Å². The van der Waals surface area contributed by atoms with Crippen LogP contribution in [0.5, 0.6) is 0 Å². The normalized spacial score (nSPS) is 22.2. The molecule has 0 heterocycles. The first-order chi connectivity index (χ1) is 6.80. The van der Waals surface area contributed by atoms with Crippen molar-refractivity contribution in [2.24, 2.45) is 5.41 Å². The third kappa shape index (κ3) is 2.13. The monoisotopic (exact) mass is 266 g/mol. The number of halogens is 1. The Morgan fingerprint density at radius 2 is 1.80 bits per heavy atom. The summed E-state index contributed by atoms with van der Waals surface area (Å²) in [4.78, 5) is 0. The van der Waals surface area contributed by atoms with E-state index in [-0.39, 0.29) is 0 Å². The van der Waals surface area contributed by atoms with Crippen LogP contribution in [0.3, 0.4) is 0 Å². The van der Waals surface area contributed by atoms with Crippen molar-refractivity contribution < 1.29 is 0 Å². The molecule has 82 valence electrons. The summed E-state index contributed by atoms with van der Waals surface area (Å²) >= 11 is 3.57. The molecular formula is C14H19Br. The molecule has 1 aromatic rings. The lowest BCUT2D eigenvalue weighted by molar-refractivity contribution is 0.231. The molecule has 1 heteroatoms. The van der Waals surface area contributed by atoms with Crippen molar-refractivity contribution in [3.8, 4) is 0 Å². The molecule has 0 saturated carbocycles. The van der Waals surface area contributed by atoms with Crippen molar-refractivity contribution in [3.05, 3.63) is 33.8 Å². The van der Waals surface area contributed by atoms with Crippen LogP contribution in [-0.2, 0) is 11.8 Å². The standard InChI is InChI=1S/C14H19Br/c1-13(2)8-10-5-6-11(15)7-12(10)14(3,4)9-13/h5-7H,8-9H2,1-4H3. The highest BCUT2D eigenvalue weighted by atomic mass is 79.9. The van der Waals surface area contributed by atoms with Crippen LogP contribution >= 0.6 is 15.9 Å². The molecule has 1 aliphatic carbocycles. The lowest BCUT2D eigenvalue weighted by Gasteiger charge is -2.42. The molecule has 0 aliphatic heterocycles. The van der Waals surface area contributed by atoms with Gasteiger partial charge in [-0.25, -0.2) is 0 Å². The van der Waals surface area contributed by atoms with Crippen LogP contribution in [-0.4, -0.2) is 0 Å². The number of rotatable bonds is 0. The van der Waals surface area contributed by atoms with Crippen LogP contribution < -0.4 is 0 Å². The predicted octanol–water partition coefficient (Wildman–Crippen LogP) is 4.70. The van der Waals surface area contributed by atoms with E-state index in [1.807, 2.05) is 0 Å². The van der Waals surface area contributed by atoms with E-state index >= 15 is 0 Å². The zero-order chi connectivity index (χ0) is 11.3. The highest BCUT2D eigenvalue weighted by Gasteiger charge is 2.37. The average molecular weight is 267 g/mol. The molecule has 0 aromatic heterocycles. The summed E-state index contributed by atoms with van der Waals surface area (Å²) in [5, 5.41) is 0. The fourth-order valence-corrected chi connectivity index (χ4v) is 3.56. The summed E-state index contributed by atoms with van der Waals surface area (Å²) in [5.41, 5.74) is 3.79. The molecule has 0 amide bonds. The van der Waals surface area contributed by atoms with E-state index in [4.69, 9.17) is 0 Å². The topological polar surface area (TPSA) is 0 Å². The van der Waals surface area contributed by atoms with E-state index in [1.54, 1.807) is 0 Å². The Hall–Kier alpha value is -0.300. The molecule has 0 bridgehead atoms. The Kier molecular flexibility index (Phi) is 2.50. The molecule has 0 fully saturated rings. The smallest absolute Gasteiger partial charge is 0.0178 e.